The number of aromatic nitrogens is 2. The number of aryl methyl sites for hydroxylation is 1. The van der Waals surface area contributed by atoms with Crippen molar-refractivity contribution in [1.82, 2.24) is 9.78 Å². The third-order valence-corrected chi connectivity index (χ3v) is 2.75. The molecule has 5 nitrogen and oxygen atoms in total. The summed E-state index contributed by atoms with van der Waals surface area (Å²) in [5, 5.41) is 3.72. The van der Waals surface area contributed by atoms with Gasteiger partial charge in [-0.1, -0.05) is 0 Å². The van der Waals surface area contributed by atoms with Crippen LogP contribution in [-0.2, 0) is 4.74 Å². The van der Waals surface area contributed by atoms with Gasteiger partial charge in [-0.05, 0) is 25.5 Å². The number of rotatable bonds is 3. The number of carbonyl (C=O) groups excluding carboxylic acids is 1. The normalized spacial score (nSPS) is 10.5. The van der Waals surface area contributed by atoms with Crippen LogP contribution in [0.5, 0.6) is 0 Å². The Morgan fingerprint density at radius 3 is 2.71 bits per heavy atom. The lowest BCUT2D eigenvalue weighted by atomic mass is 10.2. The van der Waals surface area contributed by atoms with E-state index < -0.39 is 28.7 Å². The summed E-state index contributed by atoms with van der Waals surface area (Å²) in [7, 11) is 0. The molecule has 0 fully saturated rings. The second-order valence-electron chi connectivity index (χ2n) is 4.25. The van der Waals surface area contributed by atoms with Crippen LogP contribution in [0.3, 0.4) is 0 Å². The van der Waals surface area contributed by atoms with Gasteiger partial charge in [0.05, 0.1) is 6.61 Å². The van der Waals surface area contributed by atoms with Gasteiger partial charge in [0.1, 0.15) is 17.3 Å². The Kier molecular flexibility index (Phi) is 4.11. The minimum Gasteiger partial charge on any atom is -0.461 e. The van der Waals surface area contributed by atoms with E-state index in [1.807, 2.05) is 0 Å². The second-order valence-corrected chi connectivity index (χ2v) is 4.25. The first-order valence-electron chi connectivity index (χ1n) is 6.17. The molecular weight excluding hydrogens is 282 g/mol. The predicted molar refractivity (Wildman–Crippen MR) is 70.4 cm³/mol. The zero-order valence-electron chi connectivity index (χ0n) is 11.4. The summed E-state index contributed by atoms with van der Waals surface area (Å²) in [5.41, 5.74) is -1.20. The number of hydrogen-bond donors (Lipinski definition) is 0. The Morgan fingerprint density at radius 2 is 2.05 bits per heavy atom. The molecule has 7 heteroatoms. The Morgan fingerprint density at radius 1 is 1.33 bits per heavy atom. The van der Waals surface area contributed by atoms with Gasteiger partial charge in [0.15, 0.2) is 0 Å². The van der Waals surface area contributed by atoms with Gasteiger partial charge in [0, 0.05) is 18.3 Å². The summed E-state index contributed by atoms with van der Waals surface area (Å²) in [6.07, 6.45) is 1.15. The third-order valence-electron chi connectivity index (χ3n) is 2.75. The molecule has 0 aliphatic rings. The lowest BCUT2D eigenvalue weighted by Crippen LogP contribution is -2.22. The highest BCUT2D eigenvalue weighted by atomic mass is 19.1. The predicted octanol–water partition coefficient (Wildman–Crippen LogP) is 2.00. The largest absolute Gasteiger partial charge is 0.461 e. The number of halogens is 2. The number of carbonyl (C=O) groups is 1. The van der Waals surface area contributed by atoms with Crippen molar-refractivity contribution in [2.24, 2.45) is 0 Å². The van der Waals surface area contributed by atoms with Crippen LogP contribution in [-0.4, -0.2) is 22.4 Å². The first kappa shape index (κ1) is 14.8. The number of hydrogen-bond acceptors (Lipinski definition) is 4. The van der Waals surface area contributed by atoms with Crippen LogP contribution in [0, 0.1) is 18.6 Å². The standard InChI is InChI=1S/C14H12F2N2O3/c1-3-21-14(20)13-12(19)4-5-18(17-13)11-7-9(15)8(2)6-10(11)16/h4-7H,3H2,1-2H3. The van der Waals surface area contributed by atoms with E-state index in [1.165, 1.54) is 6.92 Å². The Hall–Kier alpha value is -2.57. The number of nitrogens with zero attached hydrogens (tertiary/aromatic N) is 2. The summed E-state index contributed by atoms with van der Waals surface area (Å²) in [6, 6.07) is 2.99. The zero-order valence-corrected chi connectivity index (χ0v) is 11.4. The number of esters is 1. The third kappa shape index (κ3) is 2.96. The molecule has 0 saturated carbocycles. The summed E-state index contributed by atoms with van der Waals surface area (Å²) in [5.74, 6) is -2.26. The van der Waals surface area contributed by atoms with Crippen molar-refractivity contribution in [3.8, 4) is 5.69 Å². The quantitative estimate of drug-likeness (QED) is 0.812. The van der Waals surface area contributed by atoms with Gasteiger partial charge in [-0.25, -0.2) is 18.3 Å². The average Bonchev–Trinajstić information content (AvgIpc) is 2.44. The van der Waals surface area contributed by atoms with Crippen LogP contribution in [0.25, 0.3) is 5.69 Å². The van der Waals surface area contributed by atoms with Gasteiger partial charge in [-0.15, -0.1) is 0 Å². The molecule has 0 radical (unpaired) electrons. The first-order valence-corrected chi connectivity index (χ1v) is 6.17. The molecule has 0 atom stereocenters. The molecule has 0 bridgehead atoms. The molecule has 110 valence electrons. The van der Waals surface area contributed by atoms with E-state index >= 15 is 0 Å². The molecule has 21 heavy (non-hydrogen) atoms. The molecule has 0 amide bonds. The highest BCUT2D eigenvalue weighted by Crippen LogP contribution is 2.17. The summed E-state index contributed by atoms with van der Waals surface area (Å²) in [4.78, 5) is 23.2. The fourth-order valence-corrected chi connectivity index (χ4v) is 1.69. The summed E-state index contributed by atoms with van der Waals surface area (Å²) in [6.45, 7) is 3.07. The Balaban J connectivity index is 2.56. The van der Waals surface area contributed by atoms with E-state index in [0.717, 1.165) is 29.1 Å². The van der Waals surface area contributed by atoms with Crippen LogP contribution >= 0.6 is 0 Å². The molecule has 0 aliphatic heterocycles. The average molecular weight is 294 g/mol. The maximum absolute atomic E-state index is 13.9. The minimum atomic E-state index is -0.912. The zero-order chi connectivity index (χ0) is 15.6. The summed E-state index contributed by atoms with van der Waals surface area (Å²) >= 11 is 0. The SMILES string of the molecule is CCOC(=O)c1nn(-c2cc(F)c(C)cc2F)ccc1=O. The van der Waals surface area contributed by atoms with Crippen LogP contribution in [0.1, 0.15) is 23.0 Å². The van der Waals surface area contributed by atoms with Gasteiger partial charge >= 0.3 is 5.97 Å². The maximum Gasteiger partial charge on any atom is 0.362 e. The van der Waals surface area contributed by atoms with E-state index in [1.54, 1.807) is 6.92 Å². The van der Waals surface area contributed by atoms with Crippen LogP contribution < -0.4 is 5.43 Å². The van der Waals surface area contributed by atoms with Crippen molar-refractivity contribution < 1.29 is 18.3 Å². The molecule has 1 aromatic carbocycles. The minimum absolute atomic E-state index is 0.0718. The molecule has 0 aliphatic carbocycles. The fraction of sp³-hybridized carbons (Fsp3) is 0.214. The van der Waals surface area contributed by atoms with Crippen molar-refractivity contribution in [3.05, 3.63) is 57.5 Å². The van der Waals surface area contributed by atoms with E-state index in [4.69, 9.17) is 4.74 Å². The Labute approximate surface area is 118 Å². The summed E-state index contributed by atoms with van der Waals surface area (Å²) < 4.78 is 33.0. The van der Waals surface area contributed by atoms with Gasteiger partial charge in [0.2, 0.25) is 11.1 Å². The van der Waals surface area contributed by atoms with Crippen molar-refractivity contribution >= 4 is 5.97 Å². The van der Waals surface area contributed by atoms with Gasteiger partial charge in [-0.3, -0.25) is 4.79 Å². The van der Waals surface area contributed by atoms with E-state index in [0.29, 0.717) is 0 Å². The molecule has 0 unspecified atom stereocenters. The van der Waals surface area contributed by atoms with Crippen molar-refractivity contribution in [2.75, 3.05) is 6.61 Å². The molecule has 1 heterocycles. The van der Waals surface area contributed by atoms with E-state index in [-0.39, 0.29) is 17.9 Å². The highest BCUT2D eigenvalue weighted by molar-refractivity contribution is 5.86. The Bertz CT molecular complexity index is 756. The van der Waals surface area contributed by atoms with E-state index in [2.05, 4.69) is 5.10 Å². The van der Waals surface area contributed by atoms with Gasteiger partial charge < -0.3 is 4.74 Å². The van der Waals surface area contributed by atoms with Crippen molar-refractivity contribution in [3.63, 3.8) is 0 Å². The van der Waals surface area contributed by atoms with E-state index in [9.17, 15) is 18.4 Å². The van der Waals surface area contributed by atoms with Gasteiger partial charge in [0.25, 0.3) is 0 Å². The molecule has 0 N–H and O–H groups in total. The molecule has 1 aromatic heterocycles. The monoisotopic (exact) mass is 294 g/mol. The number of ether oxygens (including phenoxy) is 1. The van der Waals surface area contributed by atoms with Crippen LogP contribution in [0.2, 0.25) is 0 Å². The fourth-order valence-electron chi connectivity index (χ4n) is 1.69. The molecule has 2 aromatic rings. The lowest BCUT2D eigenvalue weighted by Gasteiger charge is -2.09. The van der Waals surface area contributed by atoms with Crippen molar-refractivity contribution in [2.45, 2.75) is 13.8 Å². The van der Waals surface area contributed by atoms with Gasteiger partial charge in [-0.2, -0.15) is 5.10 Å². The molecule has 0 spiro atoms. The molecule has 0 saturated heterocycles. The maximum atomic E-state index is 13.9. The lowest BCUT2D eigenvalue weighted by molar-refractivity contribution is 0.0515. The van der Waals surface area contributed by atoms with Crippen LogP contribution in [0.15, 0.2) is 29.2 Å². The molecular formula is C14H12F2N2O3. The van der Waals surface area contributed by atoms with Crippen molar-refractivity contribution in [1.29, 1.82) is 0 Å². The molecule has 2 rings (SSSR count). The highest BCUT2D eigenvalue weighted by Gasteiger charge is 2.16. The first-order chi connectivity index (χ1) is 9.93. The van der Waals surface area contributed by atoms with Crippen LogP contribution in [0.4, 0.5) is 8.78 Å². The smallest absolute Gasteiger partial charge is 0.362 e. The topological polar surface area (TPSA) is 61.2 Å². The number of benzene rings is 1. The second kappa shape index (κ2) is 5.82.